The highest BCUT2D eigenvalue weighted by atomic mass is 16.5. The lowest BCUT2D eigenvalue weighted by molar-refractivity contribution is -0.150. The first-order valence-electron chi connectivity index (χ1n) is 5.87. The van der Waals surface area contributed by atoms with Crippen molar-refractivity contribution in [3.63, 3.8) is 0 Å². The van der Waals surface area contributed by atoms with Gasteiger partial charge in [-0.3, -0.25) is 19.2 Å². The zero-order valence-corrected chi connectivity index (χ0v) is 11.3. The topological polar surface area (TPSA) is 127 Å². The van der Waals surface area contributed by atoms with E-state index in [0.29, 0.717) is 0 Å². The fraction of sp³-hybridized carbons (Fsp3) is 0.667. The van der Waals surface area contributed by atoms with Crippen LogP contribution in [0, 0.1) is 11.8 Å². The van der Waals surface area contributed by atoms with E-state index in [4.69, 9.17) is 10.2 Å². The fourth-order valence-electron chi connectivity index (χ4n) is 1.85. The maximum Gasteiger partial charge on any atom is 0.305 e. The molecule has 2 atom stereocenters. The van der Waals surface area contributed by atoms with Gasteiger partial charge in [0.05, 0.1) is 14.2 Å². The molecule has 0 aliphatic carbocycles. The number of esters is 2. The lowest BCUT2D eigenvalue weighted by atomic mass is 9.82. The van der Waals surface area contributed by atoms with Crippen molar-refractivity contribution < 1.29 is 38.9 Å². The van der Waals surface area contributed by atoms with E-state index >= 15 is 0 Å². The van der Waals surface area contributed by atoms with Crippen LogP contribution in [-0.4, -0.2) is 48.3 Å². The first kappa shape index (κ1) is 17.9. The molecule has 0 rings (SSSR count). The second-order valence-corrected chi connectivity index (χ2v) is 4.28. The molecule has 2 N–H and O–H groups in total. The minimum Gasteiger partial charge on any atom is -0.481 e. The summed E-state index contributed by atoms with van der Waals surface area (Å²) in [6, 6.07) is 0. The molecule has 0 unspecified atom stereocenters. The summed E-state index contributed by atoms with van der Waals surface area (Å²) >= 11 is 0. The van der Waals surface area contributed by atoms with Crippen LogP contribution in [0.3, 0.4) is 0 Å². The Labute approximate surface area is 115 Å². The molecule has 0 aromatic rings. The zero-order valence-electron chi connectivity index (χ0n) is 11.3. The number of carboxylic acids is 2. The molecule has 0 saturated heterocycles. The average molecular weight is 290 g/mol. The lowest BCUT2D eigenvalue weighted by Crippen LogP contribution is -2.26. The molecule has 0 amide bonds. The third-order valence-corrected chi connectivity index (χ3v) is 2.85. The Morgan fingerprint density at radius 2 is 1.05 bits per heavy atom. The smallest absolute Gasteiger partial charge is 0.305 e. The van der Waals surface area contributed by atoms with E-state index in [1.54, 1.807) is 0 Å². The number of carbonyl (C=O) groups excluding carboxylic acids is 2. The Morgan fingerprint density at radius 1 is 0.750 bits per heavy atom. The molecule has 0 aliphatic rings. The van der Waals surface area contributed by atoms with Crippen molar-refractivity contribution in [3.8, 4) is 0 Å². The van der Waals surface area contributed by atoms with Crippen LogP contribution >= 0.6 is 0 Å². The third kappa shape index (κ3) is 7.34. The van der Waals surface area contributed by atoms with Crippen molar-refractivity contribution in [1.29, 1.82) is 0 Å². The van der Waals surface area contributed by atoms with E-state index in [2.05, 4.69) is 9.47 Å². The number of hydrogen-bond acceptors (Lipinski definition) is 6. The van der Waals surface area contributed by atoms with Crippen molar-refractivity contribution in [2.75, 3.05) is 14.2 Å². The summed E-state index contributed by atoms with van der Waals surface area (Å²) < 4.78 is 8.91. The van der Waals surface area contributed by atoms with E-state index in [9.17, 15) is 19.2 Å². The summed E-state index contributed by atoms with van der Waals surface area (Å²) in [5.74, 6) is -5.29. The normalized spacial score (nSPS) is 13.1. The molecule has 0 aromatic heterocycles. The highest BCUT2D eigenvalue weighted by Gasteiger charge is 2.30. The zero-order chi connectivity index (χ0) is 15.7. The van der Waals surface area contributed by atoms with Gasteiger partial charge in [-0.15, -0.1) is 0 Å². The van der Waals surface area contributed by atoms with Crippen LogP contribution in [0.15, 0.2) is 0 Å². The molecule has 20 heavy (non-hydrogen) atoms. The Morgan fingerprint density at radius 3 is 1.25 bits per heavy atom. The van der Waals surface area contributed by atoms with E-state index < -0.39 is 48.6 Å². The fourth-order valence-corrected chi connectivity index (χ4v) is 1.85. The van der Waals surface area contributed by atoms with Crippen LogP contribution in [0.5, 0.6) is 0 Å². The molecular weight excluding hydrogens is 272 g/mol. The first-order chi connectivity index (χ1) is 9.29. The summed E-state index contributed by atoms with van der Waals surface area (Å²) in [4.78, 5) is 44.2. The van der Waals surface area contributed by atoms with Gasteiger partial charge in [0.25, 0.3) is 0 Å². The number of aliphatic carboxylic acids is 2. The number of carboxylic acid groups (broad SMARTS) is 2. The number of hydrogen-bond donors (Lipinski definition) is 2. The predicted octanol–water partition coefficient (Wildman–Crippen LogP) is 0.294. The summed E-state index contributed by atoms with van der Waals surface area (Å²) in [5, 5.41) is 17.7. The maximum atomic E-state index is 11.3. The highest BCUT2D eigenvalue weighted by molar-refractivity contribution is 5.75. The van der Waals surface area contributed by atoms with Gasteiger partial charge in [-0.05, 0) is 11.8 Å². The second kappa shape index (κ2) is 8.89. The molecule has 8 nitrogen and oxygen atoms in total. The van der Waals surface area contributed by atoms with Gasteiger partial charge in [-0.2, -0.15) is 0 Å². The molecule has 0 bridgehead atoms. The summed E-state index contributed by atoms with van der Waals surface area (Å²) in [6.45, 7) is 0. The molecule has 0 aromatic carbocycles. The third-order valence-electron chi connectivity index (χ3n) is 2.85. The van der Waals surface area contributed by atoms with Gasteiger partial charge in [-0.1, -0.05) is 0 Å². The molecule has 8 heteroatoms. The van der Waals surface area contributed by atoms with Gasteiger partial charge in [0.1, 0.15) is 0 Å². The van der Waals surface area contributed by atoms with Crippen molar-refractivity contribution in [3.05, 3.63) is 0 Å². The second-order valence-electron chi connectivity index (χ2n) is 4.28. The van der Waals surface area contributed by atoms with Crippen molar-refractivity contribution in [2.24, 2.45) is 11.8 Å². The Balaban J connectivity index is 5.03. The van der Waals surface area contributed by atoms with E-state index in [0.717, 1.165) is 14.2 Å². The SMILES string of the molecule is COC(=O)C[C@@H](CC(=O)O)[C@@H](CC(=O)O)CC(=O)OC. The summed E-state index contributed by atoms with van der Waals surface area (Å²) in [6.07, 6.45) is -1.39. The maximum absolute atomic E-state index is 11.3. The largest absolute Gasteiger partial charge is 0.481 e. The van der Waals surface area contributed by atoms with E-state index in [1.807, 2.05) is 0 Å². The molecule has 0 aliphatic heterocycles. The monoisotopic (exact) mass is 290 g/mol. The first-order valence-corrected chi connectivity index (χ1v) is 5.87. The Kier molecular flexibility index (Phi) is 7.95. The van der Waals surface area contributed by atoms with E-state index in [1.165, 1.54) is 0 Å². The minimum absolute atomic E-state index is 0.266. The van der Waals surface area contributed by atoms with Crippen molar-refractivity contribution in [1.82, 2.24) is 0 Å². The van der Waals surface area contributed by atoms with Crippen molar-refractivity contribution >= 4 is 23.9 Å². The van der Waals surface area contributed by atoms with Crippen LogP contribution in [0.2, 0.25) is 0 Å². The van der Waals surface area contributed by atoms with Crippen LogP contribution < -0.4 is 0 Å². The summed E-state index contributed by atoms with van der Waals surface area (Å²) in [5.41, 5.74) is 0. The Bertz CT molecular complexity index is 340. The van der Waals surface area contributed by atoms with Gasteiger partial charge >= 0.3 is 23.9 Å². The molecule has 0 saturated carbocycles. The minimum atomic E-state index is -1.18. The molecule has 0 heterocycles. The van der Waals surface area contributed by atoms with Gasteiger partial charge in [0.15, 0.2) is 0 Å². The molecular formula is C12H18O8. The highest BCUT2D eigenvalue weighted by Crippen LogP contribution is 2.27. The van der Waals surface area contributed by atoms with Crippen LogP contribution in [0.4, 0.5) is 0 Å². The number of ether oxygens (including phenoxy) is 2. The van der Waals surface area contributed by atoms with Crippen LogP contribution in [0.1, 0.15) is 25.7 Å². The number of rotatable bonds is 9. The van der Waals surface area contributed by atoms with Gasteiger partial charge in [0.2, 0.25) is 0 Å². The molecule has 0 spiro atoms. The van der Waals surface area contributed by atoms with Gasteiger partial charge in [-0.25, -0.2) is 0 Å². The summed E-state index contributed by atoms with van der Waals surface area (Å²) in [7, 11) is 2.29. The van der Waals surface area contributed by atoms with Crippen LogP contribution in [0.25, 0.3) is 0 Å². The Hall–Kier alpha value is -2.12. The van der Waals surface area contributed by atoms with Gasteiger partial charge < -0.3 is 19.7 Å². The molecule has 0 radical (unpaired) electrons. The average Bonchev–Trinajstić information content (AvgIpc) is 2.35. The molecule has 114 valence electrons. The van der Waals surface area contributed by atoms with E-state index in [-0.39, 0.29) is 12.8 Å². The number of carbonyl (C=O) groups is 4. The van der Waals surface area contributed by atoms with Crippen molar-refractivity contribution in [2.45, 2.75) is 25.7 Å². The molecule has 0 fully saturated rings. The quantitative estimate of drug-likeness (QED) is 0.580. The lowest BCUT2D eigenvalue weighted by Gasteiger charge is -2.23. The van der Waals surface area contributed by atoms with Crippen LogP contribution in [-0.2, 0) is 28.7 Å². The predicted molar refractivity (Wildman–Crippen MR) is 64.8 cm³/mol. The number of methoxy groups -OCH3 is 2. The standard InChI is InChI=1S/C12H18O8/c1-19-11(17)5-7(3-9(13)14)8(4-10(15)16)6-12(18)20-2/h7-8H,3-6H2,1-2H3,(H,13,14)(H,15,16)/t7-,8+. The van der Waals surface area contributed by atoms with Gasteiger partial charge in [0, 0.05) is 25.7 Å².